The van der Waals surface area contributed by atoms with Crippen LogP contribution in [0.5, 0.6) is 0 Å². The van der Waals surface area contributed by atoms with Crippen LogP contribution in [0.3, 0.4) is 0 Å². The Bertz CT molecular complexity index is 822. The minimum Gasteiger partial charge on any atom is -0.481 e. The van der Waals surface area contributed by atoms with Gasteiger partial charge in [0.2, 0.25) is 0 Å². The summed E-state index contributed by atoms with van der Waals surface area (Å²) in [4.78, 5) is 23.0. The normalized spacial score (nSPS) is 51.7. The molecule has 0 heterocycles. The summed E-state index contributed by atoms with van der Waals surface area (Å²) < 4.78 is 0. The maximum Gasteiger partial charge on any atom is 0.303 e. The maximum absolute atomic E-state index is 11.8. The second kappa shape index (κ2) is 5.22. The van der Waals surface area contributed by atoms with E-state index in [1.165, 1.54) is 0 Å². The van der Waals surface area contributed by atoms with E-state index in [0.29, 0.717) is 30.1 Å². The Morgan fingerprint density at radius 1 is 1.26 bits per heavy atom. The van der Waals surface area contributed by atoms with Crippen molar-refractivity contribution in [3.8, 4) is 0 Å². The van der Waals surface area contributed by atoms with Gasteiger partial charge in [0.15, 0.2) is 5.78 Å². The average molecular weight is 368 g/mol. The molecule has 0 aliphatic heterocycles. The molecule has 0 aromatic heterocycles. The Kier molecular flexibility index (Phi) is 3.37. The predicted octanol–water partition coefficient (Wildman–Crippen LogP) is 3.52. The number of allylic oxidation sites excluding steroid dienone is 6. The lowest BCUT2D eigenvalue weighted by molar-refractivity contribution is -0.150. The summed E-state index contributed by atoms with van der Waals surface area (Å²) in [5.41, 5.74) is -0.0605. The van der Waals surface area contributed by atoms with Gasteiger partial charge in [0.05, 0.1) is 5.60 Å². The number of carbonyl (C=O) groups excluding carboxylic acids is 1. The van der Waals surface area contributed by atoms with Gasteiger partial charge in [0, 0.05) is 17.3 Å². The van der Waals surface area contributed by atoms with Crippen LogP contribution in [0.4, 0.5) is 0 Å². The lowest BCUT2D eigenvalue weighted by atomic mass is 9.47. The number of hydrogen-bond acceptors (Lipinski definition) is 3. The average Bonchev–Trinajstić information content (AvgIpc) is 3.37. The molecule has 4 heteroatoms. The largest absolute Gasteiger partial charge is 0.481 e. The summed E-state index contributed by atoms with van der Waals surface area (Å²) in [6.07, 6.45) is 13.4. The summed E-state index contributed by atoms with van der Waals surface area (Å²) >= 11 is 0. The Morgan fingerprint density at radius 3 is 2.78 bits per heavy atom. The quantitative estimate of drug-likeness (QED) is 0.799. The third-order valence-electron chi connectivity index (χ3n) is 8.99. The Labute approximate surface area is 160 Å². The molecule has 4 nitrogen and oxygen atoms in total. The third kappa shape index (κ3) is 2.08. The molecule has 0 radical (unpaired) electrons. The number of ketones is 1. The van der Waals surface area contributed by atoms with Gasteiger partial charge < -0.3 is 10.2 Å². The van der Waals surface area contributed by atoms with E-state index in [1.807, 2.05) is 0 Å². The molecule has 0 amide bonds. The SMILES string of the molecule is C[C@]12C=CC(=O)C=C1C=C[C@H]1[C@@H]3[C@H]4C[C@H]4[C@@](O)(CCC(=O)O)[C@@]3(C)CC[C@@H]12. The van der Waals surface area contributed by atoms with Crippen LogP contribution in [0.15, 0.2) is 36.0 Å². The van der Waals surface area contributed by atoms with Crippen molar-refractivity contribution in [2.45, 2.75) is 51.6 Å². The van der Waals surface area contributed by atoms with Crippen molar-refractivity contribution in [2.24, 2.45) is 40.4 Å². The van der Waals surface area contributed by atoms with Gasteiger partial charge in [-0.3, -0.25) is 9.59 Å². The summed E-state index contributed by atoms with van der Waals surface area (Å²) in [6, 6.07) is 0. The molecule has 0 saturated heterocycles. The van der Waals surface area contributed by atoms with E-state index < -0.39 is 11.6 Å². The highest BCUT2D eigenvalue weighted by molar-refractivity contribution is 6.01. The van der Waals surface area contributed by atoms with Crippen LogP contribution in [0.1, 0.15) is 46.0 Å². The molecule has 2 N–H and O–H groups in total. The smallest absolute Gasteiger partial charge is 0.303 e. The van der Waals surface area contributed by atoms with Crippen molar-refractivity contribution in [1.82, 2.24) is 0 Å². The number of aliphatic hydroxyl groups is 1. The zero-order chi connectivity index (χ0) is 19.2. The molecule has 27 heavy (non-hydrogen) atoms. The first-order valence-corrected chi connectivity index (χ1v) is 10.3. The summed E-state index contributed by atoms with van der Waals surface area (Å²) in [5, 5.41) is 20.8. The Morgan fingerprint density at radius 2 is 2.04 bits per heavy atom. The lowest BCUT2D eigenvalue weighted by Crippen LogP contribution is -2.55. The van der Waals surface area contributed by atoms with Gasteiger partial charge in [0.25, 0.3) is 0 Å². The fourth-order valence-corrected chi connectivity index (χ4v) is 7.55. The molecule has 5 aliphatic carbocycles. The van der Waals surface area contributed by atoms with Crippen LogP contribution in [0.25, 0.3) is 0 Å². The lowest BCUT2D eigenvalue weighted by Gasteiger charge is -2.57. The first kappa shape index (κ1) is 17.4. The number of rotatable bonds is 3. The number of hydrogen-bond donors (Lipinski definition) is 2. The molecule has 0 spiro atoms. The molecule has 0 unspecified atom stereocenters. The van der Waals surface area contributed by atoms with E-state index in [-0.39, 0.29) is 29.0 Å². The van der Waals surface area contributed by atoms with Crippen LogP contribution in [0, 0.1) is 40.4 Å². The standard InChI is InChI=1S/C23H28O4/c1-21-8-5-14(24)11-13(21)3-4-15-17(21)6-9-22(2)20(15)16-12-18(16)23(22,27)10-7-19(25)26/h3-5,8,11,15-18,20,27H,6-7,9-10,12H2,1-2H3,(H,25,26)/t15-,16+,17+,18-,20-,21+,22+,23+/m1/s1. The van der Waals surface area contributed by atoms with Crippen LogP contribution in [-0.2, 0) is 9.59 Å². The molecular weight excluding hydrogens is 340 g/mol. The molecule has 3 fully saturated rings. The number of carboxylic acids is 1. The minimum atomic E-state index is -0.852. The van der Waals surface area contributed by atoms with Gasteiger partial charge in [-0.05, 0) is 73.0 Å². The molecule has 144 valence electrons. The summed E-state index contributed by atoms with van der Waals surface area (Å²) in [5.74, 6) is 1.25. The second-order valence-electron chi connectivity index (χ2n) is 9.97. The van der Waals surface area contributed by atoms with Crippen LogP contribution < -0.4 is 0 Å². The van der Waals surface area contributed by atoms with E-state index in [4.69, 9.17) is 0 Å². The monoisotopic (exact) mass is 368 g/mol. The Hall–Kier alpha value is -1.68. The van der Waals surface area contributed by atoms with E-state index in [0.717, 1.165) is 24.8 Å². The molecule has 0 aromatic carbocycles. The highest BCUT2D eigenvalue weighted by Gasteiger charge is 2.75. The van der Waals surface area contributed by atoms with Gasteiger partial charge >= 0.3 is 5.97 Å². The fraction of sp³-hybridized carbons (Fsp3) is 0.652. The Balaban J connectivity index is 1.53. The minimum absolute atomic E-state index is 0.0431. The number of fused-ring (bicyclic) bond motifs is 7. The topological polar surface area (TPSA) is 74.6 Å². The number of carbonyl (C=O) groups is 2. The maximum atomic E-state index is 11.8. The molecule has 0 aromatic rings. The molecular formula is C23H28O4. The molecule has 3 saturated carbocycles. The second-order valence-corrected chi connectivity index (χ2v) is 9.97. The van der Waals surface area contributed by atoms with E-state index in [2.05, 4.69) is 32.1 Å². The van der Waals surface area contributed by atoms with Crippen molar-refractivity contribution in [3.05, 3.63) is 36.0 Å². The van der Waals surface area contributed by atoms with E-state index in [1.54, 1.807) is 12.2 Å². The van der Waals surface area contributed by atoms with Crippen molar-refractivity contribution in [1.29, 1.82) is 0 Å². The zero-order valence-electron chi connectivity index (χ0n) is 16.0. The summed E-state index contributed by atoms with van der Waals surface area (Å²) in [6.45, 7) is 4.46. The molecule has 5 rings (SSSR count). The van der Waals surface area contributed by atoms with Crippen molar-refractivity contribution < 1.29 is 19.8 Å². The van der Waals surface area contributed by atoms with Crippen LogP contribution in [0.2, 0.25) is 0 Å². The van der Waals surface area contributed by atoms with E-state index in [9.17, 15) is 19.8 Å². The van der Waals surface area contributed by atoms with Crippen molar-refractivity contribution in [3.63, 3.8) is 0 Å². The first-order chi connectivity index (χ1) is 12.7. The fourth-order valence-electron chi connectivity index (χ4n) is 7.55. The molecule has 5 aliphatic rings. The number of aliphatic carboxylic acids is 1. The first-order valence-electron chi connectivity index (χ1n) is 10.3. The number of carboxylic acid groups (broad SMARTS) is 1. The van der Waals surface area contributed by atoms with Gasteiger partial charge in [0.1, 0.15) is 0 Å². The van der Waals surface area contributed by atoms with Crippen LogP contribution >= 0.6 is 0 Å². The third-order valence-corrected chi connectivity index (χ3v) is 8.99. The zero-order valence-corrected chi connectivity index (χ0v) is 16.0. The highest BCUT2D eigenvalue weighted by atomic mass is 16.4. The predicted molar refractivity (Wildman–Crippen MR) is 101 cm³/mol. The van der Waals surface area contributed by atoms with Crippen LogP contribution in [-0.4, -0.2) is 27.6 Å². The van der Waals surface area contributed by atoms with Crippen molar-refractivity contribution in [2.75, 3.05) is 0 Å². The van der Waals surface area contributed by atoms with Crippen molar-refractivity contribution >= 4 is 11.8 Å². The van der Waals surface area contributed by atoms with Gasteiger partial charge in [-0.1, -0.05) is 32.1 Å². The molecule has 0 bridgehead atoms. The van der Waals surface area contributed by atoms with Gasteiger partial charge in [-0.2, -0.15) is 0 Å². The van der Waals surface area contributed by atoms with Gasteiger partial charge in [-0.15, -0.1) is 0 Å². The van der Waals surface area contributed by atoms with Gasteiger partial charge in [-0.25, -0.2) is 0 Å². The summed E-state index contributed by atoms with van der Waals surface area (Å²) in [7, 11) is 0. The highest BCUT2D eigenvalue weighted by Crippen LogP contribution is 2.76. The molecule has 8 atom stereocenters. The van der Waals surface area contributed by atoms with E-state index >= 15 is 0 Å².